The minimum absolute atomic E-state index is 0.267. The van der Waals surface area contributed by atoms with Gasteiger partial charge in [-0.05, 0) is 25.8 Å². The maximum atomic E-state index is 14.0. The van der Waals surface area contributed by atoms with Gasteiger partial charge in [-0.1, -0.05) is 18.2 Å². The molecule has 0 radical (unpaired) electrons. The van der Waals surface area contributed by atoms with Crippen LogP contribution in [0, 0.1) is 5.82 Å². The van der Waals surface area contributed by atoms with Gasteiger partial charge in [0.15, 0.2) is 0 Å². The van der Waals surface area contributed by atoms with E-state index in [4.69, 9.17) is 0 Å². The average Bonchev–Trinajstić information content (AvgIpc) is 3.10. The number of rotatable bonds is 5. The van der Waals surface area contributed by atoms with Crippen LogP contribution in [-0.4, -0.2) is 17.7 Å². The zero-order valence-corrected chi connectivity index (χ0v) is 10.1. The van der Waals surface area contributed by atoms with E-state index >= 15 is 0 Å². The molecule has 0 aliphatic heterocycles. The molecule has 0 bridgehead atoms. The highest BCUT2D eigenvalue weighted by Crippen LogP contribution is 2.37. The van der Waals surface area contributed by atoms with Gasteiger partial charge >= 0.3 is 0 Å². The van der Waals surface area contributed by atoms with Crippen molar-refractivity contribution < 1.29 is 9.50 Å². The van der Waals surface area contributed by atoms with Crippen molar-refractivity contribution in [1.82, 2.24) is 0 Å². The van der Waals surface area contributed by atoms with Crippen molar-refractivity contribution in [2.24, 2.45) is 0 Å². The Labute approximate surface area is 101 Å². The molecule has 2 rings (SSSR count). The fraction of sp³-hybridized carbons (Fsp3) is 0.429. The molecule has 1 aromatic carbocycles. The Morgan fingerprint density at radius 3 is 2.82 bits per heavy atom. The largest absolute Gasteiger partial charge is 0.389 e. The molecule has 3 heteroatoms. The summed E-state index contributed by atoms with van der Waals surface area (Å²) >= 11 is 0. The Morgan fingerprint density at radius 2 is 2.29 bits per heavy atom. The van der Waals surface area contributed by atoms with Gasteiger partial charge in [-0.25, -0.2) is 4.39 Å². The first kappa shape index (κ1) is 12.1. The van der Waals surface area contributed by atoms with E-state index in [1.807, 2.05) is 4.90 Å². The molecule has 0 spiro atoms. The smallest absolute Gasteiger partial charge is 0.146 e. The van der Waals surface area contributed by atoms with Gasteiger partial charge in [-0.15, -0.1) is 6.58 Å². The number of hydrogen-bond donors (Lipinski definition) is 1. The normalized spacial score (nSPS) is 16.6. The van der Waals surface area contributed by atoms with Gasteiger partial charge in [-0.3, -0.25) is 0 Å². The van der Waals surface area contributed by atoms with Crippen LogP contribution < -0.4 is 4.90 Å². The molecule has 1 aromatic rings. The highest BCUT2D eigenvalue weighted by Gasteiger charge is 2.31. The topological polar surface area (TPSA) is 23.5 Å². The molecule has 17 heavy (non-hydrogen) atoms. The molecule has 1 atom stereocenters. The molecule has 0 saturated heterocycles. The number of anilines is 1. The summed E-state index contributed by atoms with van der Waals surface area (Å²) in [5.74, 6) is -0.267. The van der Waals surface area contributed by atoms with E-state index in [-0.39, 0.29) is 5.82 Å². The van der Waals surface area contributed by atoms with Crippen molar-refractivity contribution in [2.45, 2.75) is 31.9 Å². The molecule has 1 aliphatic carbocycles. The minimum atomic E-state index is -0.660. The van der Waals surface area contributed by atoms with Crippen LogP contribution in [0.3, 0.4) is 0 Å². The minimum Gasteiger partial charge on any atom is -0.389 e. The zero-order chi connectivity index (χ0) is 12.4. The second-order valence-corrected chi connectivity index (χ2v) is 4.53. The summed E-state index contributed by atoms with van der Waals surface area (Å²) in [6.07, 6.45) is 3.28. The van der Waals surface area contributed by atoms with Crippen molar-refractivity contribution in [2.75, 3.05) is 11.4 Å². The fourth-order valence-electron chi connectivity index (χ4n) is 2.12. The number of aliphatic hydroxyl groups is 1. The number of halogens is 1. The number of aliphatic hydroxyl groups excluding tert-OH is 1. The van der Waals surface area contributed by atoms with Gasteiger partial charge in [0.25, 0.3) is 0 Å². The molecule has 1 fully saturated rings. The Bertz CT molecular complexity index is 413. The van der Waals surface area contributed by atoms with Crippen LogP contribution in [0.2, 0.25) is 0 Å². The number of hydrogen-bond acceptors (Lipinski definition) is 2. The lowest BCUT2D eigenvalue weighted by Crippen LogP contribution is -2.28. The molecule has 0 amide bonds. The summed E-state index contributed by atoms with van der Waals surface area (Å²) in [6, 6.07) is 5.25. The molecule has 92 valence electrons. The lowest BCUT2D eigenvalue weighted by atomic mass is 10.1. The van der Waals surface area contributed by atoms with Crippen LogP contribution >= 0.6 is 0 Å². The van der Waals surface area contributed by atoms with Gasteiger partial charge in [0.1, 0.15) is 5.82 Å². The van der Waals surface area contributed by atoms with Gasteiger partial charge in [0, 0.05) is 18.2 Å². The highest BCUT2D eigenvalue weighted by molar-refractivity contribution is 5.57. The van der Waals surface area contributed by atoms with E-state index in [1.54, 1.807) is 25.1 Å². The summed E-state index contributed by atoms with van der Waals surface area (Å²) in [5.41, 5.74) is 1.18. The van der Waals surface area contributed by atoms with E-state index < -0.39 is 6.10 Å². The summed E-state index contributed by atoms with van der Waals surface area (Å²) in [6.45, 7) is 5.99. The SMILES string of the molecule is C=CCN(c1c(F)cccc1C(C)O)C1CC1. The monoisotopic (exact) mass is 235 g/mol. The Kier molecular flexibility index (Phi) is 3.48. The van der Waals surface area contributed by atoms with E-state index in [0.717, 1.165) is 12.8 Å². The molecule has 1 unspecified atom stereocenters. The molecule has 1 saturated carbocycles. The third kappa shape index (κ3) is 2.50. The average molecular weight is 235 g/mol. The van der Waals surface area contributed by atoms with Gasteiger partial charge in [0.05, 0.1) is 11.8 Å². The second-order valence-electron chi connectivity index (χ2n) is 4.53. The van der Waals surface area contributed by atoms with E-state index in [0.29, 0.717) is 23.8 Å². The van der Waals surface area contributed by atoms with Gasteiger partial charge in [0.2, 0.25) is 0 Å². The summed E-state index contributed by atoms with van der Waals surface area (Å²) in [4.78, 5) is 2.00. The second kappa shape index (κ2) is 4.88. The lowest BCUT2D eigenvalue weighted by molar-refractivity contribution is 0.199. The molecule has 1 aliphatic rings. The van der Waals surface area contributed by atoms with Crippen molar-refractivity contribution in [1.29, 1.82) is 0 Å². The summed E-state index contributed by atoms with van der Waals surface area (Å²) in [5, 5.41) is 9.73. The molecular weight excluding hydrogens is 217 g/mol. The van der Waals surface area contributed by atoms with E-state index in [2.05, 4.69) is 6.58 Å². The first-order valence-electron chi connectivity index (χ1n) is 5.99. The third-order valence-corrected chi connectivity index (χ3v) is 3.07. The molecule has 2 nitrogen and oxygen atoms in total. The molecular formula is C14H18FNO. The predicted molar refractivity (Wildman–Crippen MR) is 67.6 cm³/mol. The summed E-state index contributed by atoms with van der Waals surface area (Å²) in [7, 11) is 0. The van der Waals surface area contributed by atoms with Crippen LogP contribution in [0.4, 0.5) is 10.1 Å². The van der Waals surface area contributed by atoms with Gasteiger partial charge in [-0.2, -0.15) is 0 Å². The molecule has 0 heterocycles. The first-order valence-corrected chi connectivity index (χ1v) is 5.99. The molecule has 1 N–H and O–H groups in total. The highest BCUT2D eigenvalue weighted by atomic mass is 19.1. The Balaban J connectivity index is 2.42. The van der Waals surface area contributed by atoms with E-state index in [9.17, 15) is 9.50 Å². The Hall–Kier alpha value is -1.35. The van der Waals surface area contributed by atoms with Crippen LogP contribution in [0.1, 0.15) is 31.4 Å². The first-order chi connectivity index (χ1) is 8.15. The maximum Gasteiger partial charge on any atom is 0.146 e. The van der Waals surface area contributed by atoms with Gasteiger partial charge < -0.3 is 10.0 Å². The van der Waals surface area contributed by atoms with E-state index in [1.165, 1.54) is 6.07 Å². The maximum absolute atomic E-state index is 14.0. The van der Waals surface area contributed by atoms with Crippen molar-refractivity contribution in [3.63, 3.8) is 0 Å². The lowest BCUT2D eigenvalue weighted by Gasteiger charge is -2.27. The van der Waals surface area contributed by atoms with Crippen molar-refractivity contribution in [3.8, 4) is 0 Å². The standard InChI is InChI=1S/C14H18FNO/c1-3-9-16(11-7-8-11)14-12(10(2)17)5-4-6-13(14)15/h3-6,10-11,17H,1,7-9H2,2H3. The Morgan fingerprint density at radius 1 is 1.59 bits per heavy atom. The summed E-state index contributed by atoms with van der Waals surface area (Å²) < 4.78 is 14.0. The third-order valence-electron chi connectivity index (χ3n) is 3.07. The predicted octanol–water partition coefficient (Wildman–Crippen LogP) is 3.03. The number of nitrogens with zero attached hydrogens (tertiary/aromatic N) is 1. The quantitative estimate of drug-likeness (QED) is 0.793. The number of para-hydroxylation sites is 1. The molecule has 0 aromatic heterocycles. The van der Waals surface area contributed by atoms with Crippen molar-refractivity contribution in [3.05, 3.63) is 42.2 Å². The van der Waals surface area contributed by atoms with Crippen LogP contribution in [-0.2, 0) is 0 Å². The van der Waals surface area contributed by atoms with Crippen LogP contribution in [0.5, 0.6) is 0 Å². The van der Waals surface area contributed by atoms with Crippen molar-refractivity contribution >= 4 is 5.69 Å². The zero-order valence-electron chi connectivity index (χ0n) is 10.1. The fourth-order valence-corrected chi connectivity index (χ4v) is 2.12. The van der Waals surface area contributed by atoms with Crippen LogP contribution in [0.25, 0.3) is 0 Å². The number of benzene rings is 1. The van der Waals surface area contributed by atoms with Crippen LogP contribution in [0.15, 0.2) is 30.9 Å².